The maximum absolute atomic E-state index is 6.15. The van der Waals surface area contributed by atoms with Crippen molar-refractivity contribution in [3.05, 3.63) is 19.8 Å². The van der Waals surface area contributed by atoms with Crippen LogP contribution in [0.2, 0.25) is 4.34 Å². The Morgan fingerprint density at radius 2 is 2.21 bits per heavy atom. The second kappa shape index (κ2) is 7.41. The van der Waals surface area contributed by atoms with E-state index in [-0.39, 0.29) is 0 Å². The third kappa shape index (κ3) is 3.94. The number of halogens is 2. The van der Waals surface area contributed by atoms with Crippen LogP contribution in [0.5, 0.6) is 0 Å². The number of piperidine rings is 1. The van der Waals surface area contributed by atoms with Gasteiger partial charge >= 0.3 is 0 Å². The zero-order chi connectivity index (χ0) is 13.8. The zero-order valence-electron chi connectivity index (χ0n) is 11.4. The summed E-state index contributed by atoms with van der Waals surface area (Å²) < 4.78 is 1.82. The third-order valence-electron chi connectivity index (χ3n) is 4.00. The SMILES string of the molecule is CCCC1CCN(C(CN)c2cc(Br)c(Cl)s2)CC1. The molecule has 1 aromatic rings. The van der Waals surface area contributed by atoms with Crippen molar-refractivity contribution >= 4 is 38.9 Å². The van der Waals surface area contributed by atoms with Gasteiger partial charge in [-0.15, -0.1) is 11.3 Å². The van der Waals surface area contributed by atoms with Gasteiger partial charge in [0.15, 0.2) is 0 Å². The Morgan fingerprint density at radius 1 is 1.53 bits per heavy atom. The summed E-state index contributed by atoms with van der Waals surface area (Å²) in [5, 5.41) is 0. The fourth-order valence-electron chi connectivity index (χ4n) is 2.93. The summed E-state index contributed by atoms with van der Waals surface area (Å²) in [7, 11) is 0. The third-order valence-corrected chi connectivity index (χ3v) is 6.58. The first kappa shape index (κ1) is 15.8. The molecule has 1 saturated heterocycles. The second-order valence-electron chi connectivity index (χ2n) is 5.29. The van der Waals surface area contributed by atoms with Crippen molar-refractivity contribution in [2.75, 3.05) is 19.6 Å². The van der Waals surface area contributed by atoms with Crippen LogP contribution >= 0.6 is 38.9 Å². The van der Waals surface area contributed by atoms with Crippen molar-refractivity contribution in [1.82, 2.24) is 4.90 Å². The maximum atomic E-state index is 6.15. The summed E-state index contributed by atoms with van der Waals surface area (Å²) >= 11 is 11.3. The summed E-state index contributed by atoms with van der Waals surface area (Å²) in [5.41, 5.74) is 5.99. The van der Waals surface area contributed by atoms with E-state index in [2.05, 4.69) is 33.8 Å². The van der Waals surface area contributed by atoms with E-state index in [4.69, 9.17) is 17.3 Å². The smallest absolute Gasteiger partial charge is 0.107 e. The molecule has 1 unspecified atom stereocenters. The minimum Gasteiger partial charge on any atom is -0.329 e. The summed E-state index contributed by atoms with van der Waals surface area (Å²) in [4.78, 5) is 3.81. The van der Waals surface area contributed by atoms with Gasteiger partial charge in [-0.2, -0.15) is 0 Å². The zero-order valence-corrected chi connectivity index (χ0v) is 14.5. The second-order valence-corrected chi connectivity index (χ2v) is 7.83. The van der Waals surface area contributed by atoms with Crippen molar-refractivity contribution < 1.29 is 0 Å². The van der Waals surface area contributed by atoms with Gasteiger partial charge in [0.05, 0.1) is 6.04 Å². The summed E-state index contributed by atoms with van der Waals surface area (Å²) in [5.74, 6) is 0.915. The van der Waals surface area contributed by atoms with Gasteiger partial charge in [-0.3, -0.25) is 4.90 Å². The van der Waals surface area contributed by atoms with Gasteiger partial charge in [0.25, 0.3) is 0 Å². The van der Waals surface area contributed by atoms with E-state index in [0.717, 1.165) is 14.7 Å². The number of hydrogen-bond donors (Lipinski definition) is 1. The Kier molecular flexibility index (Phi) is 6.15. The molecule has 2 rings (SSSR count). The van der Waals surface area contributed by atoms with E-state index in [1.807, 2.05) is 0 Å². The fraction of sp³-hybridized carbons (Fsp3) is 0.714. The van der Waals surface area contributed by atoms with Gasteiger partial charge in [0.2, 0.25) is 0 Å². The quantitative estimate of drug-likeness (QED) is 0.821. The molecule has 1 aliphatic heterocycles. The van der Waals surface area contributed by atoms with Gasteiger partial charge in [-0.1, -0.05) is 31.4 Å². The van der Waals surface area contributed by atoms with Crippen molar-refractivity contribution in [2.24, 2.45) is 11.7 Å². The van der Waals surface area contributed by atoms with Crippen molar-refractivity contribution in [1.29, 1.82) is 0 Å². The van der Waals surface area contributed by atoms with Gasteiger partial charge in [-0.05, 0) is 53.8 Å². The first-order chi connectivity index (χ1) is 9.15. The maximum Gasteiger partial charge on any atom is 0.107 e. The van der Waals surface area contributed by atoms with Crippen molar-refractivity contribution in [2.45, 2.75) is 38.6 Å². The first-order valence-corrected chi connectivity index (χ1v) is 9.03. The van der Waals surface area contributed by atoms with Crippen LogP contribution in [0.3, 0.4) is 0 Å². The molecular formula is C14H22BrClN2S. The minimum atomic E-state index is 0.330. The molecule has 2 nitrogen and oxygen atoms in total. The summed E-state index contributed by atoms with van der Waals surface area (Å²) in [6.07, 6.45) is 5.30. The molecule has 1 fully saturated rings. The topological polar surface area (TPSA) is 29.3 Å². The highest BCUT2D eigenvalue weighted by Gasteiger charge is 2.26. The Morgan fingerprint density at radius 3 is 2.68 bits per heavy atom. The number of rotatable bonds is 5. The molecule has 0 radical (unpaired) electrons. The number of nitrogens with zero attached hydrogens (tertiary/aromatic N) is 1. The van der Waals surface area contributed by atoms with E-state index in [1.54, 1.807) is 11.3 Å². The van der Waals surface area contributed by atoms with Gasteiger partial charge in [0, 0.05) is 15.9 Å². The monoisotopic (exact) mass is 364 g/mol. The molecule has 0 amide bonds. The molecule has 5 heteroatoms. The van der Waals surface area contributed by atoms with E-state index in [0.29, 0.717) is 12.6 Å². The molecule has 0 spiro atoms. The molecule has 1 aliphatic rings. The van der Waals surface area contributed by atoms with E-state index in [1.165, 1.54) is 43.6 Å². The Bertz CT molecular complexity index is 383. The Balaban J connectivity index is 1.99. The molecule has 19 heavy (non-hydrogen) atoms. The van der Waals surface area contributed by atoms with Gasteiger partial charge in [0.1, 0.15) is 4.34 Å². The molecule has 2 heterocycles. The average Bonchev–Trinajstić information content (AvgIpc) is 2.73. The number of likely N-dealkylation sites (tertiary alicyclic amines) is 1. The molecule has 0 aromatic carbocycles. The lowest BCUT2D eigenvalue weighted by atomic mass is 9.91. The lowest BCUT2D eigenvalue weighted by Gasteiger charge is -2.36. The largest absolute Gasteiger partial charge is 0.329 e. The van der Waals surface area contributed by atoms with Gasteiger partial charge in [-0.25, -0.2) is 0 Å². The van der Waals surface area contributed by atoms with Gasteiger partial charge < -0.3 is 5.73 Å². The average molecular weight is 366 g/mol. The van der Waals surface area contributed by atoms with Crippen LogP contribution in [0.1, 0.15) is 43.5 Å². The van der Waals surface area contributed by atoms with E-state index >= 15 is 0 Å². The molecule has 0 bridgehead atoms. The Labute approximate surface area is 133 Å². The van der Waals surface area contributed by atoms with Crippen LogP contribution in [0.25, 0.3) is 0 Å². The van der Waals surface area contributed by atoms with Crippen molar-refractivity contribution in [3.8, 4) is 0 Å². The summed E-state index contributed by atoms with van der Waals surface area (Å²) in [6.45, 7) is 5.28. The predicted octanol–water partition coefficient (Wildman–Crippen LogP) is 4.68. The lowest BCUT2D eigenvalue weighted by molar-refractivity contribution is 0.133. The number of nitrogens with two attached hydrogens (primary N) is 1. The van der Waals surface area contributed by atoms with Crippen LogP contribution in [0, 0.1) is 5.92 Å². The normalized spacial score (nSPS) is 19.8. The Hall–Kier alpha value is 0.390. The number of thiophene rings is 1. The molecule has 1 aromatic heterocycles. The molecule has 0 saturated carbocycles. The van der Waals surface area contributed by atoms with Crippen LogP contribution < -0.4 is 5.73 Å². The highest BCUT2D eigenvalue weighted by molar-refractivity contribution is 9.10. The molecule has 0 aliphatic carbocycles. The molecule has 1 atom stereocenters. The van der Waals surface area contributed by atoms with Crippen LogP contribution in [-0.4, -0.2) is 24.5 Å². The first-order valence-electron chi connectivity index (χ1n) is 7.04. The number of hydrogen-bond acceptors (Lipinski definition) is 3. The van der Waals surface area contributed by atoms with Crippen LogP contribution in [0.4, 0.5) is 0 Å². The van der Waals surface area contributed by atoms with E-state index < -0.39 is 0 Å². The minimum absolute atomic E-state index is 0.330. The summed E-state index contributed by atoms with van der Waals surface area (Å²) in [6, 6.07) is 2.46. The lowest BCUT2D eigenvalue weighted by Crippen LogP contribution is -2.39. The predicted molar refractivity (Wildman–Crippen MR) is 88.0 cm³/mol. The molecule has 108 valence electrons. The standard InChI is InChI=1S/C14H22BrClN2S/c1-2-3-10-4-6-18(7-5-10)12(9-17)13-8-11(15)14(16)19-13/h8,10,12H,2-7,9,17H2,1H3. The van der Waals surface area contributed by atoms with Crippen LogP contribution in [-0.2, 0) is 0 Å². The fourth-order valence-corrected chi connectivity index (χ4v) is 4.82. The molecular weight excluding hydrogens is 344 g/mol. The highest BCUT2D eigenvalue weighted by atomic mass is 79.9. The van der Waals surface area contributed by atoms with Crippen LogP contribution in [0.15, 0.2) is 10.5 Å². The highest BCUT2D eigenvalue weighted by Crippen LogP contribution is 2.38. The van der Waals surface area contributed by atoms with Crippen molar-refractivity contribution in [3.63, 3.8) is 0 Å². The molecule has 2 N–H and O–H groups in total. The van der Waals surface area contributed by atoms with E-state index in [9.17, 15) is 0 Å².